The van der Waals surface area contributed by atoms with E-state index in [4.69, 9.17) is 0 Å². The van der Waals surface area contributed by atoms with Gasteiger partial charge in [0.25, 0.3) is 0 Å². The highest BCUT2D eigenvalue weighted by molar-refractivity contribution is 9.10. The summed E-state index contributed by atoms with van der Waals surface area (Å²) in [5, 5.41) is 1.58. The number of benzene rings is 1. The second-order valence-corrected chi connectivity index (χ2v) is 7.58. The van der Waals surface area contributed by atoms with Gasteiger partial charge in [-0.05, 0) is 42.6 Å². The summed E-state index contributed by atoms with van der Waals surface area (Å²) in [6, 6.07) is 8.92. The van der Waals surface area contributed by atoms with E-state index in [0.717, 1.165) is 0 Å². The molecule has 1 rings (SSSR count). The lowest BCUT2D eigenvalue weighted by atomic mass is 10.4. The summed E-state index contributed by atoms with van der Waals surface area (Å²) in [6.45, 7) is 4.57. The first-order valence-electron chi connectivity index (χ1n) is 6.28. The predicted octanol–water partition coefficient (Wildman–Crippen LogP) is 5.16. The summed E-state index contributed by atoms with van der Waals surface area (Å²) >= 11 is 3.58. The molecule has 0 unspecified atom stereocenters. The molecule has 1 aromatic rings. The van der Waals surface area contributed by atoms with E-state index in [1.807, 2.05) is 0 Å². The van der Waals surface area contributed by atoms with Gasteiger partial charge < -0.3 is 0 Å². The number of unbranched alkanes of at least 4 members (excludes halogenated alkanes) is 2. The number of rotatable bonds is 7. The lowest BCUT2D eigenvalue weighted by molar-refractivity contribution is 0.870. The molecule has 0 aliphatic heterocycles. The third-order valence-electron chi connectivity index (χ3n) is 2.74. The monoisotopic (exact) mass is 300 g/mol. The normalized spacial score (nSPS) is 11.0. The first-order valence-corrected chi connectivity index (χ1v) is 8.79. The van der Waals surface area contributed by atoms with Crippen molar-refractivity contribution in [2.24, 2.45) is 0 Å². The van der Waals surface area contributed by atoms with E-state index in [-0.39, 0.29) is 7.92 Å². The number of halogens is 1. The minimum atomic E-state index is 0.0863. The lowest BCUT2D eigenvalue weighted by Crippen LogP contribution is -2.06. The molecule has 2 heteroatoms. The first-order chi connectivity index (χ1) is 7.77. The van der Waals surface area contributed by atoms with E-state index in [0.29, 0.717) is 0 Å². The van der Waals surface area contributed by atoms with Crippen molar-refractivity contribution in [3.63, 3.8) is 0 Å². The molecule has 0 heterocycles. The molecule has 0 amide bonds. The summed E-state index contributed by atoms with van der Waals surface area (Å²) in [4.78, 5) is 0. The third kappa shape index (κ3) is 4.97. The molecule has 0 saturated heterocycles. The molecule has 0 saturated carbocycles. The van der Waals surface area contributed by atoms with Crippen molar-refractivity contribution in [2.75, 3.05) is 12.3 Å². The van der Waals surface area contributed by atoms with Crippen molar-refractivity contribution in [2.45, 2.75) is 39.5 Å². The van der Waals surface area contributed by atoms with Gasteiger partial charge in [0.1, 0.15) is 0 Å². The van der Waals surface area contributed by atoms with Crippen molar-refractivity contribution in [3.8, 4) is 0 Å². The topological polar surface area (TPSA) is 0 Å². The Morgan fingerprint density at radius 2 is 1.69 bits per heavy atom. The van der Waals surface area contributed by atoms with Gasteiger partial charge in [0, 0.05) is 4.47 Å². The Morgan fingerprint density at radius 3 is 2.19 bits per heavy atom. The lowest BCUT2D eigenvalue weighted by Gasteiger charge is -2.17. The van der Waals surface area contributed by atoms with Crippen LogP contribution in [0.3, 0.4) is 0 Å². The zero-order valence-electron chi connectivity index (χ0n) is 10.4. The van der Waals surface area contributed by atoms with Crippen molar-refractivity contribution < 1.29 is 0 Å². The zero-order valence-corrected chi connectivity index (χ0v) is 12.9. The molecule has 0 fully saturated rings. The molecule has 0 aliphatic rings. The van der Waals surface area contributed by atoms with Crippen molar-refractivity contribution in [3.05, 3.63) is 28.7 Å². The van der Waals surface area contributed by atoms with Crippen molar-refractivity contribution in [1.82, 2.24) is 0 Å². The van der Waals surface area contributed by atoms with Crippen LogP contribution in [-0.4, -0.2) is 12.3 Å². The maximum absolute atomic E-state index is 3.58. The van der Waals surface area contributed by atoms with Gasteiger partial charge in [-0.25, -0.2) is 0 Å². The van der Waals surface area contributed by atoms with Crippen LogP contribution >= 0.6 is 23.9 Å². The summed E-state index contributed by atoms with van der Waals surface area (Å²) < 4.78 is 1.23. The Bertz CT molecular complexity index is 291. The average molecular weight is 301 g/mol. The van der Waals surface area contributed by atoms with Gasteiger partial charge >= 0.3 is 0 Å². The Morgan fingerprint density at radius 1 is 1.06 bits per heavy atom. The van der Waals surface area contributed by atoms with Gasteiger partial charge in [-0.1, -0.05) is 62.7 Å². The fourth-order valence-corrected chi connectivity index (χ4v) is 5.07. The van der Waals surface area contributed by atoms with Crippen LogP contribution in [-0.2, 0) is 0 Å². The summed E-state index contributed by atoms with van der Waals surface area (Å²) in [7, 11) is 0.0863. The van der Waals surface area contributed by atoms with Crippen molar-refractivity contribution >= 4 is 29.2 Å². The molecule has 0 N–H and O–H groups in total. The highest BCUT2D eigenvalue weighted by Crippen LogP contribution is 2.37. The minimum Gasteiger partial charge on any atom is -0.0753 e. The highest BCUT2D eigenvalue weighted by atomic mass is 79.9. The molecule has 0 nitrogen and oxygen atoms in total. The standard InChI is InChI=1S/C14H22BrP/c1-3-5-10-16(11-6-4-2)14-9-7-8-13(15)12-14/h7-9,12H,3-6,10-11H2,1-2H3. The highest BCUT2D eigenvalue weighted by Gasteiger charge is 2.09. The molecule has 0 atom stereocenters. The van der Waals surface area contributed by atoms with E-state index in [9.17, 15) is 0 Å². The van der Waals surface area contributed by atoms with E-state index in [2.05, 4.69) is 54.0 Å². The molecule has 16 heavy (non-hydrogen) atoms. The average Bonchev–Trinajstić information content (AvgIpc) is 2.29. The van der Waals surface area contributed by atoms with E-state index in [1.165, 1.54) is 42.5 Å². The summed E-state index contributed by atoms with van der Waals surface area (Å²) in [6.07, 6.45) is 8.20. The fraction of sp³-hybridized carbons (Fsp3) is 0.571. The molecule has 90 valence electrons. The van der Waals surface area contributed by atoms with Crippen LogP contribution in [0.4, 0.5) is 0 Å². The van der Waals surface area contributed by atoms with Gasteiger partial charge in [-0.3, -0.25) is 0 Å². The maximum atomic E-state index is 3.58. The van der Waals surface area contributed by atoms with Crippen LogP contribution in [0.2, 0.25) is 0 Å². The molecule has 0 aliphatic carbocycles. The molecule has 0 aromatic heterocycles. The van der Waals surface area contributed by atoms with Crippen molar-refractivity contribution in [1.29, 1.82) is 0 Å². The Balaban J connectivity index is 2.66. The molecule has 0 radical (unpaired) electrons. The Hall–Kier alpha value is 0.130. The van der Waals surface area contributed by atoms with Gasteiger partial charge in [0.2, 0.25) is 0 Å². The van der Waals surface area contributed by atoms with Crippen LogP contribution in [0.5, 0.6) is 0 Å². The number of hydrogen-bond acceptors (Lipinski definition) is 0. The minimum absolute atomic E-state index is 0.0863. The zero-order chi connectivity index (χ0) is 11.8. The predicted molar refractivity (Wildman–Crippen MR) is 80.2 cm³/mol. The number of hydrogen-bond donors (Lipinski definition) is 0. The van der Waals surface area contributed by atoms with Gasteiger partial charge in [0.05, 0.1) is 0 Å². The largest absolute Gasteiger partial charge is 0.0753 e. The molecule has 0 bridgehead atoms. The summed E-state index contributed by atoms with van der Waals surface area (Å²) in [5.41, 5.74) is 0. The first kappa shape index (κ1) is 14.2. The van der Waals surface area contributed by atoms with E-state index >= 15 is 0 Å². The second-order valence-electron chi connectivity index (χ2n) is 4.17. The molecular weight excluding hydrogens is 279 g/mol. The Labute approximate surface area is 110 Å². The molecule has 1 aromatic carbocycles. The molecular formula is C14H22BrP. The van der Waals surface area contributed by atoms with Crippen LogP contribution in [0.25, 0.3) is 0 Å². The maximum Gasteiger partial charge on any atom is 0.0181 e. The second kappa shape index (κ2) is 8.25. The van der Waals surface area contributed by atoms with Crippen LogP contribution in [0, 0.1) is 0 Å². The third-order valence-corrected chi connectivity index (χ3v) is 5.95. The molecule has 0 spiro atoms. The van der Waals surface area contributed by atoms with E-state index in [1.54, 1.807) is 5.30 Å². The SMILES string of the molecule is CCCCP(CCCC)c1cccc(Br)c1. The van der Waals surface area contributed by atoms with Gasteiger partial charge in [0.15, 0.2) is 0 Å². The van der Waals surface area contributed by atoms with Crippen LogP contribution in [0.15, 0.2) is 28.7 Å². The van der Waals surface area contributed by atoms with E-state index < -0.39 is 0 Å². The smallest absolute Gasteiger partial charge is 0.0181 e. The Kier molecular flexibility index (Phi) is 7.32. The fourth-order valence-electron chi connectivity index (χ4n) is 1.74. The van der Waals surface area contributed by atoms with Crippen LogP contribution < -0.4 is 5.30 Å². The van der Waals surface area contributed by atoms with Gasteiger partial charge in [-0.2, -0.15) is 0 Å². The quantitative estimate of drug-likeness (QED) is 0.610. The van der Waals surface area contributed by atoms with Gasteiger partial charge in [-0.15, -0.1) is 0 Å². The van der Waals surface area contributed by atoms with Crippen LogP contribution in [0.1, 0.15) is 39.5 Å². The summed E-state index contributed by atoms with van der Waals surface area (Å²) in [5.74, 6) is 0.